The van der Waals surface area contributed by atoms with Gasteiger partial charge >= 0.3 is 0 Å². The van der Waals surface area contributed by atoms with Crippen molar-refractivity contribution in [2.75, 3.05) is 38.2 Å². The average molecular weight is 371 g/mol. The zero-order valence-electron chi connectivity index (χ0n) is 15.6. The normalized spacial score (nSPS) is 22.2. The molecule has 0 bridgehead atoms. The van der Waals surface area contributed by atoms with Gasteiger partial charge < -0.3 is 19.4 Å². The fourth-order valence-corrected chi connectivity index (χ4v) is 4.30. The first kappa shape index (κ1) is 18.0. The Morgan fingerprint density at radius 3 is 2.48 bits per heavy atom. The molecule has 3 aliphatic rings. The average Bonchev–Trinajstić information content (AvgIpc) is 3.22. The number of anilines is 1. The Kier molecular flexibility index (Phi) is 4.63. The number of hydrogen-bond acceptors (Lipinski definition) is 4. The first-order chi connectivity index (χ1) is 13.0. The second-order valence-electron chi connectivity index (χ2n) is 7.52. The van der Waals surface area contributed by atoms with Crippen molar-refractivity contribution in [3.05, 3.63) is 29.8 Å². The lowest BCUT2D eigenvalue weighted by Crippen LogP contribution is -2.53. The summed E-state index contributed by atoms with van der Waals surface area (Å²) in [6.07, 6.45) is 2.98. The monoisotopic (exact) mass is 371 g/mol. The first-order valence-corrected chi connectivity index (χ1v) is 9.57. The lowest BCUT2D eigenvalue weighted by molar-refractivity contribution is -0.146. The van der Waals surface area contributed by atoms with E-state index in [4.69, 9.17) is 4.74 Å². The molecule has 0 atom stereocenters. The van der Waals surface area contributed by atoms with E-state index in [1.54, 1.807) is 16.8 Å². The maximum Gasteiger partial charge on any atom is 0.250 e. The number of amides is 3. The molecule has 0 radical (unpaired) electrons. The van der Waals surface area contributed by atoms with Crippen LogP contribution in [0.4, 0.5) is 5.69 Å². The molecule has 3 amide bonds. The number of hydrogen-bond donors (Lipinski definition) is 0. The topological polar surface area (TPSA) is 70.2 Å². The Morgan fingerprint density at radius 2 is 1.85 bits per heavy atom. The number of benzene rings is 1. The summed E-state index contributed by atoms with van der Waals surface area (Å²) in [6.45, 7) is 1.98. The molecular weight excluding hydrogens is 346 g/mol. The van der Waals surface area contributed by atoms with E-state index < -0.39 is 5.72 Å². The number of nitrogens with zero attached hydrogens (tertiary/aromatic N) is 3. The molecule has 3 aliphatic heterocycles. The molecule has 3 fully saturated rings. The van der Waals surface area contributed by atoms with Crippen molar-refractivity contribution in [2.45, 2.75) is 37.8 Å². The fraction of sp³-hybridized carbons (Fsp3) is 0.550. The molecule has 4 rings (SSSR count). The molecule has 0 aromatic heterocycles. The lowest BCUT2D eigenvalue weighted by Gasteiger charge is -2.42. The van der Waals surface area contributed by atoms with E-state index >= 15 is 0 Å². The minimum Gasteiger partial charge on any atom is -0.346 e. The summed E-state index contributed by atoms with van der Waals surface area (Å²) >= 11 is 0. The quantitative estimate of drug-likeness (QED) is 0.800. The van der Waals surface area contributed by atoms with Crippen molar-refractivity contribution < 1.29 is 19.1 Å². The van der Waals surface area contributed by atoms with Gasteiger partial charge in [0.25, 0.3) is 5.91 Å². The van der Waals surface area contributed by atoms with Crippen LogP contribution in [0.15, 0.2) is 24.3 Å². The number of likely N-dealkylation sites (N-methyl/N-ethyl adjacent to an activating group) is 1. The first-order valence-electron chi connectivity index (χ1n) is 9.57. The Labute approximate surface area is 158 Å². The highest BCUT2D eigenvalue weighted by atomic mass is 16.5. The number of rotatable bonds is 3. The summed E-state index contributed by atoms with van der Waals surface area (Å²) < 4.78 is 5.74. The second-order valence-corrected chi connectivity index (χ2v) is 7.52. The molecule has 0 aliphatic carbocycles. The van der Waals surface area contributed by atoms with E-state index in [2.05, 4.69) is 0 Å². The van der Waals surface area contributed by atoms with Crippen LogP contribution in [0.1, 0.15) is 31.2 Å². The molecule has 1 spiro atoms. The Balaban J connectivity index is 1.42. The van der Waals surface area contributed by atoms with Crippen molar-refractivity contribution in [2.24, 2.45) is 0 Å². The van der Waals surface area contributed by atoms with E-state index in [0.717, 1.165) is 17.7 Å². The smallest absolute Gasteiger partial charge is 0.250 e. The molecule has 0 unspecified atom stereocenters. The van der Waals surface area contributed by atoms with Crippen molar-refractivity contribution in [3.63, 3.8) is 0 Å². The molecule has 1 aromatic carbocycles. The van der Waals surface area contributed by atoms with Crippen LogP contribution in [0, 0.1) is 0 Å². The van der Waals surface area contributed by atoms with Crippen molar-refractivity contribution in [3.8, 4) is 0 Å². The zero-order valence-corrected chi connectivity index (χ0v) is 15.6. The third-order valence-corrected chi connectivity index (χ3v) is 6.04. The number of carbonyl (C=O) groups excluding carboxylic acids is 3. The van der Waals surface area contributed by atoms with E-state index in [1.165, 1.54) is 0 Å². The predicted octanol–water partition coefficient (Wildman–Crippen LogP) is 1.16. The van der Waals surface area contributed by atoms with Crippen LogP contribution >= 0.6 is 0 Å². The van der Waals surface area contributed by atoms with Crippen LogP contribution < -0.4 is 4.90 Å². The second kappa shape index (κ2) is 6.96. The fourth-order valence-electron chi connectivity index (χ4n) is 4.30. The van der Waals surface area contributed by atoms with E-state index in [0.29, 0.717) is 38.9 Å². The summed E-state index contributed by atoms with van der Waals surface area (Å²) in [4.78, 5) is 42.1. The van der Waals surface area contributed by atoms with E-state index in [-0.39, 0.29) is 30.7 Å². The van der Waals surface area contributed by atoms with Crippen LogP contribution in [-0.2, 0) is 25.5 Å². The minimum absolute atomic E-state index is 0.000941. The molecule has 3 heterocycles. The molecule has 144 valence electrons. The maximum atomic E-state index is 12.9. The molecule has 3 saturated heterocycles. The lowest BCUT2D eigenvalue weighted by atomic mass is 9.98. The van der Waals surface area contributed by atoms with Crippen LogP contribution in [0.3, 0.4) is 0 Å². The van der Waals surface area contributed by atoms with Crippen molar-refractivity contribution in [1.29, 1.82) is 0 Å². The van der Waals surface area contributed by atoms with Gasteiger partial charge in [0.2, 0.25) is 11.8 Å². The molecule has 27 heavy (non-hydrogen) atoms. The van der Waals surface area contributed by atoms with Crippen LogP contribution in [0.5, 0.6) is 0 Å². The molecule has 7 nitrogen and oxygen atoms in total. The van der Waals surface area contributed by atoms with Gasteiger partial charge in [-0.1, -0.05) is 18.2 Å². The predicted molar refractivity (Wildman–Crippen MR) is 99.0 cm³/mol. The van der Waals surface area contributed by atoms with Crippen LogP contribution in [0.25, 0.3) is 0 Å². The van der Waals surface area contributed by atoms with Gasteiger partial charge in [0.15, 0.2) is 0 Å². The zero-order chi connectivity index (χ0) is 19.0. The highest BCUT2D eigenvalue weighted by Crippen LogP contribution is 2.34. The maximum absolute atomic E-state index is 12.9. The van der Waals surface area contributed by atoms with E-state index in [1.807, 2.05) is 29.2 Å². The van der Waals surface area contributed by atoms with Crippen molar-refractivity contribution >= 4 is 23.4 Å². The van der Waals surface area contributed by atoms with Gasteiger partial charge in [0.1, 0.15) is 12.3 Å². The van der Waals surface area contributed by atoms with Gasteiger partial charge in [-0.3, -0.25) is 14.4 Å². The van der Waals surface area contributed by atoms with Gasteiger partial charge in [0, 0.05) is 51.6 Å². The summed E-state index contributed by atoms with van der Waals surface area (Å²) in [6, 6.07) is 7.66. The molecular formula is C20H25N3O4. The van der Waals surface area contributed by atoms with Gasteiger partial charge in [-0.25, -0.2) is 0 Å². The Hall–Kier alpha value is -2.41. The summed E-state index contributed by atoms with van der Waals surface area (Å²) in [5, 5.41) is 0. The molecule has 0 N–H and O–H groups in total. The third-order valence-electron chi connectivity index (χ3n) is 6.04. The van der Waals surface area contributed by atoms with Crippen LogP contribution in [-0.4, -0.2) is 66.5 Å². The van der Waals surface area contributed by atoms with Gasteiger partial charge in [-0.05, 0) is 18.1 Å². The largest absolute Gasteiger partial charge is 0.346 e. The molecule has 0 saturated carbocycles. The third kappa shape index (κ3) is 3.20. The molecule has 1 aromatic rings. The summed E-state index contributed by atoms with van der Waals surface area (Å²) in [5.74, 6) is 0.177. The highest BCUT2D eigenvalue weighted by Gasteiger charge is 2.47. The SMILES string of the molecule is CN1C(=O)COC12CCN(C(=O)Cc1ccccc1N1CCCC1=O)CC2. The number of carbonyl (C=O) groups is 3. The Bertz CT molecular complexity index is 770. The van der Waals surface area contributed by atoms with E-state index in [9.17, 15) is 14.4 Å². The molecule has 7 heteroatoms. The summed E-state index contributed by atoms with van der Waals surface area (Å²) in [5.41, 5.74) is 1.20. The summed E-state index contributed by atoms with van der Waals surface area (Å²) in [7, 11) is 1.77. The number of ether oxygens (including phenoxy) is 1. The van der Waals surface area contributed by atoms with Crippen LogP contribution in [0.2, 0.25) is 0 Å². The number of para-hydroxylation sites is 1. The van der Waals surface area contributed by atoms with Gasteiger partial charge in [-0.15, -0.1) is 0 Å². The van der Waals surface area contributed by atoms with Gasteiger partial charge in [0.05, 0.1) is 6.42 Å². The van der Waals surface area contributed by atoms with Gasteiger partial charge in [-0.2, -0.15) is 0 Å². The Morgan fingerprint density at radius 1 is 1.11 bits per heavy atom. The number of piperidine rings is 1. The number of likely N-dealkylation sites (tertiary alicyclic amines) is 1. The highest BCUT2D eigenvalue weighted by molar-refractivity contribution is 5.96. The van der Waals surface area contributed by atoms with Crippen molar-refractivity contribution in [1.82, 2.24) is 9.80 Å². The minimum atomic E-state index is -0.548. The standard InChI is InChI=1S/C20H25N3O4/c1-21-19(26)14-27-20(21)8-11-22(12-9-20)18(25)13-15-5-2-3-6-16(15)23-10-4-7-17(23)24/h2-3,5-6H,4,7-14H2,1H3.